The second-order valence-corrected chi connectivity index (χ2v) is 6.12. The molecule has 2 N–H and O–H groups in total. The van der Waals surface area contributed by atoms with Crippen molar-refractivity contribution < 1.29 is 0 Å². The van der Waals surface area contributed by atoms with Gasteiger partial charge in [0, 0.05) is 24.0 Å². The molecule has 0 atom stereocenters. The largest absolute Gasteiger partial charge is 0.332 e. The van der Waals surface area contributed by atoms with Crippen molar-refractivity contribution in [3.05, 3.63) is 52.7 Å². The lowest BCUT2D eigenvalue weighted by Gasteiger charge is -2.13. The minimum Gasteiger partial charge on any atom is -0.325 e. The zero-order valence-electron chi connectivity index (χ0n) is 12.0. The molecule has 20 heavy (non-hydrogen) atoms. The number of benzene rings is 1. The van der Waals surface area contributed by atoms with Crippen LogP contribution >= 0.6 is 0 Å². The summed E-state index contributed by atoms with van der Waals surface area (Å²) in [6, 6.07) is 8.21. The van der Waals surface area contributed by atoms with E-state index in [1.165, 1.54) is 0 Å². The number of hydrogen-bond donors (Lipinski definition) is 1. The molecule has 2 aromatic rings. The van der Waals surface area contributed by atoms with E-state index in [9.17, 15) is 4.79 Å². The summed E-state index contributed by atoms with van der Waals surface area (Å²) >= 11 is 0. The molecule has 0 amide bonds. The summed E-state index contributed by atoms with van der Waals surface area (Å²) in [4.78, 5) is 12.4. The first-order valence-electron chi connectivity index (χ1n) is 7.17. The summed E-state index contributed by atoms with van der Waals surface area (Å²) < 4.78 is 3.47. The highest BCUT2D eigenvalue weighted by molar-refractivity contribution is 5.42. The molecular weight excluding hydrogens is 250 g/mol. The van der Waals surface area contributed by atoms with Crippen molar-refractivity contribution in [2.24, 2.45) is 5.73 Å². The molecule has 1 aromatic heterocycles. The monoisotopic (exact) mass is 271 g/mol. The van der Waals surface area contributed by atoms with E-state index in [4.69, 9.17) is 5.73 Å². The first-order chi connectivity index (χ1) is 9.50. The molecule has 0 radical (unpaired) electrons. The Hall–Kier alpha value is -1.81. The molecule has 1 heterocycles. The Bertz CT molecular complexity index is 677. The van der Waals surface area contributed by atoms with Gasteiger partial charge in [-0.15, -0.1) is 0 Å². The maximum Gasteiger partial charge on any atom is 0.332 e. The fourth-order valence-corrected chi connectivity index (χ4v) is 2.58. The van der Waals surface area contributed by atoms with Gasteiger partial charge in [-0.2, -0.15) is 0 Å². The highest BCUT2D eigenvalue weighted by Gasteiger charge is 2.38. The third kappa shape index (κ3) is 2.31. The average molecular weight is 271 g/mol. The zero-order valence-corrected chi connectivity index (χ0v) is 12.0. The molecule has 0 aliphatic heterocycles. The number of aromatic nitrogens is 2. The number of hydrogen-bond acceptors (Lipinski definition) is 2. The molecule has 4 nitrogen and oxygen atoms in total. The van der Waals surface area contributed by atoms with E-state index in [1.807, 2.05) is 44.4 Å². The Morgan fingerprint density at radius 1 is 1.25 bits per heavy atom. The van der Waals surface area contributed by atoms with Gasteiger partial charge in [0.25, 0.3) is 0 Å². The van der Waals surface area contributed by atoms with Crippen molar-refractivity contribution in [3.63, 3.8) is 0 Å². The topological polar surface area (TPSA) is 52.9 Å². The summed E-state index contributed by atoms with van der Waals surface area (Å²) in [5.74, 6) is 0. The Labute approximate surface area is 118 Å². The van der Waals surface area contributed by atoms with E-state index in [-0.39, 0.29) is 17.3 Å². The fraction of sp³-hybridized carbons (Fsp3) is 0.438. The Morgan fingerprint density at radius 2 is 1.95 bits per heavy atom. The number of imidazole rings is 1. The molecule has 0 spiro atoms. The van der Waals surface area contributed by atoms with Gasteiger partial charge in [-0.05, 0) is 44.7 Å². The van der Waals surface area contributed by atoms with E-state index >= 15 is 0 Å². The Morgan fingerprint density at radius 3 is 2.55 bits per heavy atom. The molecule has 1 saturated carbocycles. The SMILES string of the molecule is CC(C)n1ccn(-c2ccccc2CC2(N)CC2)c1=O. The van der Waals surface area contributed by atoms with Crippen molar-refractivity contribution in [2.75, 3.05) is 0 Å². The number of nitrogens with zero attached hydrogens (tertiary/aromatic N) is 2. The molecule has 106 valence electrons. The van der Waals surface area contributed by atoms with Crippen LogP contribution in [0.2, 0.25) is 0 Å². The maximum atomic E-state index is 12.4. The van der Waals surface area contributed by atoms with Crippen LogP contribution in [-0.2, 0) is 6.42 Å². The molecule has 0 bridgehead atoms. The molecule has 1 aromatic carbocycles. The van der Waals surface area contributed by atoms with Gasteiger partial charge in [-0.1, -0.05) is 18.2 Å². The van der Waals surface area contributed by atoms with Crippen molar-refractivity contribution in [2.45, 2.75) is 44.7 Å². The van der Waals surface area contributed by atoms with Crippen LogP contribution in [0.5, 0.6) is 0 Å². The van der Waals surface area contributed by atoms with Crippen molar-refractivity contribution in [1.29, 1.82) is 0 Å². The van der Waals surface area contributed by atoms with Crippen LogP contribution in [0.15, 0.2) is 41.5 Å². The Kier molecular flexibility index (Phi) is 3.05. The number of para-hydroxylation sites is 1. The van der Waals surface area contributed by atoms with E-state index in [1.54, 1.807) is 9.13 Å². The first kappa shape index (κ1) is 13.2. The second kappa shape index (κ2) is 4.63. The highest BCUT2D eigenvalue weighted by atomic mass is 16.1. The van der Waals surface area contributed by atoms with Gasteiger partial charge in [0.15, 0.2) is 0 Å². The normalized spacial score (nSPS) is 16.6. The van der Waals surface area contributed by atoms with Gasteiger partial charge in [0.2, 0.25) is 0 Å². The van der Waals surface area contributed by atoms with Crippen molar-refractivity contribution >= 4 is 0 Å². The molecule has 1 aliphatic carbocycles. The molecule has 1 aliphatic rings. The van der Waals surface area contributed by atoms with Crippen LogP contribution in [-0.4, -0.2) is 14.7 Å². The van der Waals surface area contributed by atoms with E-state index in [0.717, 1.165) is 30.5 Å². The van der Waals surface area contributed by atoms with Crippen molar-refractivity contribution in [1.82, 2.24) is 9.13 Å². The van der Waals surface area contributed by atoms with Gasteiger partial charge >= 0.3 is 5.69 Å². The minimum absolute atomic E-state index is 0.00863. The van der Waals surface area contributed by atoms with Crippen LogP contribution in [0.1, 0.15) is 38.3 Å². The second-order valence-electron chi connectivity index (χ2n) is 6.12. The standard InChI is InChI=1S/C16H21N3O/c1-12(2)18-9-10-19(15(18)20)14-6-4-3-5-13(14)11-16(17)7-8-16/h3-6,9-10,12H,7-8,11,17H2,1-2H3. The lowest BCUT2D eigenvalue weighted by Crippen LogP contribution is -2.27. The van der Waals surface area contributed by atoms with Gasteiger partial charge < -0.3 is 5.73 Å². The quantitative estimate of drug-likeness (QED) is 0.927. The summed E-state index contributed by atoms with van der Waals surface area (Å²) in [6.07, 6.45) is 6.67. The predicted molar refractivity (Wildman–Crippen MR) is 80.3 cm³/mol. The average Bonchev–Trinajstić information content (AvgIpc) is 2.99. The molecule has 3 rings (SSSR count). The van der Waals surface area contributed by atoms with E-state index in [2.05, 4.69) is 6.07 Å². The Balaban J connectivity index is 2.04. The van der Waals surface area contributed by atoms with Gasteiger partial charge in [0.1, 0.15) is 0 Å². The molecule has 0 unspecified atom stereocenters. The smallest absolute Gasteiger partial charge is 0.325 e. The summed E-state index contributed by atoms with van der Waals surface area (Å²) in [5, 5.41) is 0. The lowest BCUT2D eigenvalue weighted by molar-refractivity contribution is 0.573. The molecule has 1 fully saturated rings. The highest BCUT2D eigenvalue weighted by Crippen LogP contribution is 2.36. The number of nitrogens with two attached hydrogens (primary N) is 1. The van der Waals surface area contributed by atoms with Gasteiger partial charge in [-0.3, -0.25) is 9.13 Å². The van der Waals surface area contributed by atoms with Crippen LogP contribution in [0.4, 0.5) is 0 Å². The van der Waals surface area contributed by atoms with Crippen LogP contribution in [0, 0.1) is 0 Å². The molecular formula is C16H21N3O. The number of rotatable bonds is 4. The maximum absolute atomic E-state index is 12.4. The van der Waals surface area contributed by atoms with E-state index in [0.29, 0.717) is 0 Å². The summed E-state index contributed by atoms with van der Waals surface area (Å²) in [5.41, 5.74) is 8.28. The minimum atomic E-state index is -0.0552. The fourth-order valence-electron chi connectivity index (χ4n) is 2.58. The molecule has 4 heteroatoms. The first-order valence-corrected chi connectivity index (χ1v) is 7.17. The van der Waals surface area contributed by atoms with Crippen LogP contribution in [0.3, 0.4) is 0 Å². The summed E-state index contributed by atoms with van der Waals surface area (Å²) in [7, 11) is 0. The van der Waals surface area contributed by atoms with Gasteiger partial charge in [-0.25, -0.2) is 4.79 Å². The third-order valence-corrected chi connectivity index (χ3v) is 4.05. The summed E-state index contributed by atoms with van der Waals surface area (Å²) in [6.45, 7) is 4.02. The van der Waals surface area contributed by atoms with E-state index < -0.39 is 0 Å². The van der Waals surface area contributed by atoms with Crippen molar-refractivity contribution in [3.8, 4) is 5.69 Å². The lowest BCUT2D eigenvalue weighted by atomic mass is 10.0. The zero-order chi connectivity index (χ0) is 14.3. The third-order valence-electron chi connectivity index (χ3n) is 4.05. The predicted octanol–water partition coefficient (Wildman–Crippen LogP) is 2.25. The van der Waals surface area contributed by atoms with Gasteiger partial charge in [0.05, 0.1) is 5.69 Å². The van der Waals surface area contributed by atoms with Crippen LogP contribution < -0.4 is 11.4 Å². The molecule has 0 saturated heterocycles. The van der Waals surface area contributed by atoms with Crippen LogP contribution in [0.25, 0.3) is 5.69 Å².